The molecule has 1 fully saturated rings. The number of hydrogen-bond acceptors (Lipinski definition) is 2. The predicted molar refractivity (Wildman–Crippen MR) is 76.4 cm³/mol. The normalized spacial score (nSPS) is 25.8. The first-order valence-electron chi connectivity index (χ1n) is 7.46. The quantitative estimate of drug-likeness (QED) is 0.735. The third-order valence-electron chi connectivity index (χ3n) is 4.72. The molecule has 0 aliphatic heterocycles. The zero-order valence-electron chi connectivity index (χ0n) is 12.6. The Hall–Kier alpha value is -0.0800. The van der Waals surface area contributed by atoms with Crippen LogP contribution < -0.4 is 5.32 Å². The molecule has 0 aromatic heterocycles. The van der Waals surface area contributed by atoms with E-state index in [1.807, 2.05) is 0 Å². The Balaban J connectivity index is 2.44. The van der Waals surface area contributed by atoms with Gasteiger partial charge < -0.3 is 10.2 Å². The molecule has 0 radical (unpaired) electrons. The monoisotopic (exact) mass is 240 g/mol. The van der Waals surface area contributed by atoms with Gasteiger partial charge in [0.15, 0.2) is 0 Å². The molecule has 2 unspecified atom stereocenters. The minimum absolute atomic E-state index is 0.345. The Bertz CT molecular complexity index is 213. The van der Waals surface area contributed by atoms with E-state index in [9.17, 15) is 0 Å². The number of nitrogens with one attached hydrogen (secondary N) is 1. The average molecular weight is 240 g/mol. The lowest BCUT2D eigenvalue weighted by molar-refractivity contribution is 0.121. The highest BCUT2D eigenvalue weighted by Crippen LogP contribution is 2.28. The van der Waals surface area contributed by atoms with E-state index in [4.69, 9.17) is 0 Å². The van der Waals surface area contributed by atoms with Crippen LogP contribution in [0, 0.1) is 5.92 Å². The van der Waals surface area contributed by atoms with E-state index >= 15 is 0 Å². The van der Waals surface area contributed by atoms with Crippen molar-refractivity contribution in [3.8, 4) is 0 Å². The van der Waals surface area contributed by atoms with Crippen molar-refractivity contribution in [2.75, 3.05) is 20.1 Å². The summed E-state index contributed by atoms with van der Waals surface area (Å²) >= 11 is 0. The van der Waals surface area contributed by atoms with Crippen molar-refractivity contribution in [1.82, 2.24) is 10.2 Å². The third-order valence-corrected chi connectivity index (χ3v) is 4.72. The van der Waals surface area contributed by atoms with Gasteiger partial charge in [0.1, 0.15) is 0 Å². The molecule has 2 atom stereocenters. The lowest BCUT2D eigenvalue weighted by Crippen LogP contribution is -2.46. The molecular weight excluding hydrogens is 208 g/mol. The molecule has 0 aromatic carbocycles. The van der Waals surface area contributed by atoms with E-state index < -0.39 is 0 Å². The molecule has 2 heteroatoms. The summed E-state index contributed by atoms with van der Waals surface area (Å²) in [5, 5.41) is 3.73. The van der Waals surface area contributed by atoms with Crippen LogP contribution in [0.25, 0.3) is 0 Å². The van der Waals surface area contributed by atoms with Gasteiger partial charge in [-0.3, -0.25) is 0 Å². The molecule has 0 aromatic rings. The lowest BCUT2D eigenvalue weighted by atomic mass is 9.96. The van der Waals surface area contributed by atoms with Crippen molar-refractivity contribution in [2.24, 2.45) is 5.92 Å². The summed E-state index contributed by atoms with van der Waals surface area (Å²) in [6, 6.07) is 0.769. The standard InChI is InChI=1S/C15H32N2/c1-6-11-16-14-10-8-9-13(14)12-17(5)15(3,4)7-2/h13-14,16H,6-12H2,1-5H3. The van der Waals surface area contributed by atoms with Crippen molar-refractivity contribution >= 4 is 0 Å². The van der Waals surface area contributed by atoms with Crippen LogP contribution >= 0.6 is 0 Å². The zero-order chi connectivity index (χ0) is 12.9. The maximum atomic E-state index is 3.73. The molecule has 1 aliphatic carbocycles. The second-order valence-corrected chi connectivity index (χ2v) is 6.30. The highest BCUT2D eigenvalue weighted by atomic mass is 15.2. The van der Waals surface area contributed by atoms with Gasteiger partial charge in [0.25, 0.3) is 0 Å². The van der Waals surface area contributed by atoms with Gasteiger partial charge in [-0.15, -0.1) is 0 Å². The van der Waals surface area contributed by atoms with E-state index in [-0.39, 0.29) is 0 Å². The van der Waals surface area contributed by atoms with Crippen molar-refractivity contribution in [3.63, 3.8) is 0 Å². The van der Waals surface area contributed by atoms with Crippen LogP contribution in [0.3, 0.4) is 0 Å². The summed E-state index contributed by atoms with van der Waals surface area (Å²) in [6.45, 7) is 11.7. The van der Waals surface area contributed by atoms with Crippen LogP contribution in [-0.2, 0) is 0 Å². The van der Waals surface area contributed by atoms with Crippen LogP contribution in [0.2, 0.25) is 0 Å². The fourth-order valence-electron chi connectivity index (χ4n) is 2.72. The molecular formula is C15H32N2. The molecule has 17 heavy (non-hydrogen) atoms. The summed E-state index contributed by atoms with van der Waals surface area (Å²) in [7, 11) is 2.29. The summed E-state index contributed by atoms with van der Waals surface area (Å²) in [5.74, 6) is 0.859. The third kappa shape index (κ3) is 4.26. The average Bonchev–Trinajstić information content (AvgIpc) is 2.73. The molecule has 102 valence electrons. The minimum Gasteiger partial charge on any atom is -0.314 e. The fourth-order valence-corrected chi connectivity index (χ4v) is 2.72. The maximum absolute atomic E-state index is 3.73. The molecule has 0 bridgehead atoms. The Morgan fingerprint density at radius 1 is 1.24 bits per heavy atom. The minimum atomic E-state index is 0.345. The second kappa shape index (κ2) is 6.75. The van der Waals surface area contributed by atoms with E-state index in [0.29, 0.717) is 5.54 Å². The predicted octanol–water partition coefficient (Wildman–Crippen LogP) is 3.28. The van der Waals surface area contributed by atoms with E-state index in [2.05, 4.69) is 45.0 Å². The molecule has 0 spiro atoms. The highest BCUT2D eigenvalue weighted by Gasteiger charge is 2.30. The largest absolute Gasteiger partial charge is 0.314 e. The Labute approximate surface area is 108 Å². The molecule has 0 amide bonds. The Kier molecular flexibility index (Phi) is 5.94. The Morgan fingerprint density at radius 3 is 2.53 bits per heavy atom. The van der Waals surface area contributed by atoms with Crippen LogP contribution in [0.1, 0.15) is 59.8 Å². The van der Waals surface area contributed by atoms with E-state index in [1.165, 1.54) is 45.2 Å². The fraction of sp³-hybridized carbons (Fsp3) is 1.00. The molecule has 1 aliphatic rings. The SMILES string of the molecule is CCCNC1CCCC1CN(C)C(C)(C)CC. The topological polar surface area (TPSA) is 15.3 Å². The van der Waals surface area contributed by atoms with Crippen LogP contribution in [0.5, 0.6) is 0 Å². The van der Waals surface area contributed by atoms with Gasteiger partial charge in [0, 0.05) is 18.1 Å². The van der Waals surface area contributed by atoms with Crippen LogP contribution in [0.15, 0.2) is 0 Å². The second-order valence-electron chi connectivity index (χ2n) is 6.30. The van der Waals surface area contributed by atoms with Gasteiger partial charge in [-0.25, -0.2) is 0 Å². The van der Waals surface area contributed by atoms with E-state index in [1.54, 1.807) is 0 Å². The first-order chi connectivity index (χ1) is 8.01. The zero-order valence-corrected chi connectivity index (χ0v) is 12.6. The van der Waals surface area contributed by atoms with E-state index in [0.717, 1.165) is 12.0 Å². The summed E-state index contributed by atoms with van der Waals surface area (Å²) in [5.41, 5.74) is 0.345. The van der Waals surface area contributed by atoms with Gasteiger partial charge in [0.2, 0.25) is 0 Å². The van der Waals surface area contributed by atoms with Crippen LogP contribution in [-0.4, -0.2) is 36.6 Å². The number of nitrogens with zero attached hydrogens (tertiary/aromatic N) is 1. The van der Waals surface area contributed by atoms with Gasteiger partial charge in [-0.2, -0.15) is 0 Å². The van der Waals surface area contributed by atoms with Crippen LogP contribution in [0.4, 0.5) is 0 Å². The summed E-state index contributed by atoms with van der Waals surface area (Å²) in [4.78, 5) is 2.56. The van der Waals surface area contributed by atoms with Crippen molar-refractivity contribution < 1.29 is 0 Å². The van der Waals surface area contributed by atoms with Gasteiger partial charge >= 0.3 is 0 Å². The highest BCUT2D eigenvalue weighted by molar-refractivity contribution is 4.87. The van der Waals surface area contributed by atoms with Gasteiger partial charge in [-0.05, 0) is 59.0 Å². The molecule has 1 rings (SSSR count). The summed E-state index contributed by atoms with van der Waals surface area (Å²) in [6.07, 6.45) is 6.67. The van der Waals surface area contributed by atoms with Crippen molar-refractivity contribution in [1.29, 1.82) is 0 Å². The number of hydrogen-bond donors (Lipinski definition) is 1. The number of rotatable bonds is 7. The summed E-state index contributed by atoms with van der Waals surface area (Å²) < 4.78 is 0. The van der Waals surface area contributed by atoms with Crippen molar-refractivity contribution in [2.45, 2.75) is 71.4 Å². The van der Waals surface area contributed by atoms with Crippen molar-refractivity contribution in [3.05, 3.63) is 0 Å². The Morgan fingerprint density at radius 2 is 1.94 bits per heavy atom. The molecule has 1 N–H and O–H groups in total. The molecule has 0 saturated heterocycles. The molecule has 1 saturated carbocycles. The van der Waals surface area contributed by atoms with Gasteiger partial charge in [-0.1, -0.05) is 20.3 Å². The molecule has 2 nitrogen and oxygen atoms in total. The first-order valence-corrected chi connectivity index (χ1v) is 7.46. The lowest BCUT2D eigenvalue weighted by Gasteiger charge is -2.37. The molecule has 0 heterocycles. The smallest absolute Gasteiger partial charge is 0.0147 e. The van der Waals surface area contributed by atoms with Gasteiger partial charge in [0.05, 0.1) is 0 Å². The maximum Gasteiger partial charge on any atom is 0.0147 e. The first kappa shape index (κ1) is 15.0.